The van der Waals surface area contributed by atoms with Gasteiger partial charge in [-0.25, -0.2) is 0 Å². The van der Waals surface area contributed by atoms with Gasteiger partial charge >= 0.3 is 0 Å². The zero-order valence-electron chi connectivity index (χ0n) is 9.40. The maximum atomic E-state index is 4.86. The van der Waals surface area contributed by atoms with Crippen LogP contribution in [-0.2, 0) is 0 Å². The van der Waals surface area contributed by atoms with Gasteiger partial charge < -0.3 is 4.18 Å². The predicted octanol–water partition coefficient (Wildman–Crippen LogP) is 3.97. The zero-order valence-corrected chi connectivity index (χ0v) is 10.3. The maximum Gasteiger partial charge on any atom is 0.139 e. The monoisotopic (exact) mass is 223 g/mol. The highest BCUT2D eigenvalue weighted by Gasteiger charge is 1.99. The third kappa shape index (κ3) is 3.59. The number of rotatable bonds is 4. The van der Waals surface area contributed by atoms with Crippen molar-refractivity contribution in [3.63, 3.8) is 0 Å². The Kier molecular flexibility index (Phi) is 4.69. The molecular formula is C12H17NOS. The SMILES string of the molecule is CCC(C)C=Nc1cc(OS)ccc1C. The van der Waals surface area contributed by atoms with Crippen molar-refractivity contribution in [3.8, 4) is 5.75 Å². The number of nitrogens with zero attached hydrogens (tertiary/aromatic N) is 1. The van der Waals surface area contributed by atoms with Gasteiger partial charge in [-0.2, -0.15) is 0 Å². The van der Waals surface area contributed by atoms with Crippen LogP contribution in [0.5, 0.6) is 5.75 Å². The van der Waals surface area contributed by atoms with Crippen molar-refractivity contribution in [1.29, 1.82) is 0 Å². The summed E-state index contributed by atoms with van der Waals surface area (Å²) in [6.07, 6.45) is 3.08. The van der Waals surface area contributed by atoms with Gasteiger partial charge in [-0.3, -0.25) is 4.99 Å². The first kappa shape index (κ1) is 12.1. The number of hydrogen-bond acceptors (Lipinski definition) is 3. The van der Waals surface area contributed by atoms with Crippen LogP contribution in [0.1, 0.15) is 25.8 Å². The molecule has 82 valence electrons. The highest BCUT2D eigenvalue weighted by molar-refractivity contribution is 7.75. The minimum atomic E-state index is 0.505. The van der Waals surface area contributed by atoms with Crippen LogP contribution in [0.2, 0.25) is 0 Å². The molecule has 15 heavy (non-hydrogen) atoms. The molecule has 1 unspecified atom stereocenters. The predicted molar refractivity (Wildman–Crippen MR) is 68.4 cm³/mol. The lowest BCUT2D eigenvalue weighted by atomic mass is 10.1. The molecule has 0 aliphatic heterocycles. The van der Waals surface area contributed by atoms with Gasteiger partial charge in [-0.1, -0.05) is 19.9 Å². The Morgan fingerprint density at radius 3 is 2.87 bits per heavy atom. The summed E-state index contributed by atoms with van der Waals surface area (Å²) >= 11 is 3.77. The van der Waals surface area contributed by atoms with Gasteiger partial charge in [0.1, 0.15) is 5.75 Å². The fraction of sp³-hybridized carbons (Fsp3) is 0.417. The van der Waals surface area contributed by atoms with Crippen molar-refractivity contribution in [2.75, 3.05) is 0 Å². The number of aryl methyl sites for hydroxylation is 1. The molecule has 0 heterocycles. The van der Waals surface area contributed by atoms with Gasteiger partial charge in [0, 0.05) is 25.2 Å². The van der Waals surface area contributed by atoms with E-state index in [1.807, 2.05) is 31.3 Å². The third-order valence-corrected chi connectivity index (χ3v) is 2.61. The van der Waals surface area contributed by atoms with E-state index in [-0.39, 0.29) is 0 Å². The fourth-order valence-electron chi connectivity index (χ4n) is 1.10. The van der Waals surface area contributed by atoms with Crippen LogP contribution in [-0.4, -0.2) is 6.21 Å². The second-order valence-corrected chi connectivity index (χ2v) is 3.89. The first-order chi connectivity index (χ1) is 7.17. The van der Waals surface area contributed by atoms with E-state index in [4.69, 9.17) is 4.18 Å². The number of hydrogen-bond donors (Lipinski definition) is 1. The van der Waals surface area contributed by atoms with E-state index in [0.29, 0.717) is 5.92 Å². The molecule has 0 N–H and O–H groups in total. The molecule has 0 spiro atoms. The zero-order chi connectivity index (χ0) is 11.3. The summed E-state index contributed by atoms with van der Waals surface area (Å²) in [4.78, 5) is 4.45. The molecule has 0 fully saturated rings. The molecule has 0 amide bonds. The minimum Gasteiger partial charge on any atom is -0.429 e. The molecule has 1 aromatic carbocycles. The van der Waals surface area contributed by atoms with E-state index < -0.39 is 0 Å². The third-order valence-electron chi connectivity index (χ3n) is 2.40. The number of thiol groups is 1. The molecule has 0 saturated heterocycles. The number of benzene rings is 1. The first-order valence-electron chi connectivity index (χ1n) is 5.13. The Hall–Kier alpha value is -0.960. The van der Waals surface area contributed by atoms with Crippen LogP contribution in [0.4, 0.5) is 5.69 Å². The second kappa shape index (κ2) is 5.81. The van der Waals surface area contributed by atoms with Crippen molar-refractivity contribution in [2.45, 2.75) is 27.2 Å². The summed E-state index contributed by atoms with van der Waals surface area (Å²) in [5, 5.41) is 0. The van der Waals surface area contributed by atoms with E-state index in [1.165, 1.54) is 0 Å². The fourth-order valence-corrected chi connectivity index (χ4v) is 1.21. The van der Waals surface area contributed by atoms with E-state index >= 15 is 0 Å². The van der Waals surface area contributed by atoms with Gasteiger partial charge in [0.05, 0.1) is 5.69 Å². The minimum absolute atomic E-state index is 0.505. The molecule has 0 bridgehead atoms. The summed E-state index contributed by atoms with van der Waals surface area (Å²) in [6, 6.07) is 5.75. The van der Waals surface area contributed by atoms with Gasteiger partial charge in [0.15, 0.2) is 0 Å². The standard InChI is InChI=1S/C12H17NOS/c1-4-9(2)8-13-12-7-11(14-15)6-5-10(12)3/h5-9,15H,4H2,1-3H3. The van der Waals surface area contributed by atoms with Gasteiger partial charge in [-0.15, -0.1) is 0 Å². The van der Waals surface area contributed by atoms with Crippen molar-refractivity contribution < 1.29 is 4.18 Å². The molecule has 0 radical (unpaired) electrons. The lowest BCUT2D eigenvalue weighted by molar-refractivity contribution is 0.659. The summed E-state index contributed by atoms with van der Waals surface area (Å²) in [5.41, 5.74) is 2.09. The quantitative estimate of drug-likeness (QED) is 0.465. The highest BCUT2D eigenvalue weighted by atomic mass is 32.1. The topological polar surface area (TPSA) is 21.6 Å². The Morgan fingerprint density at radius 1 is 1.53 bits per heavy atom. The largest absolute Gasteiger partial charge is 0.429 e. The normalized spacial score (nSPS) is 13.1. The average Bonchev–Trinajstić information content (AvgIpc) is 2.27. The van der Waals surface area contributed by atoms with Crippen LogP contribution in [0.3, 0.4) is 0 Å². The first-order valence-corrected chi connectivity index (χ1v) is 5.50. The van der Waals surface area contributed by atoms with Gasteiger partial charge in [-0.05, 0) is 30.9 Å². The molecule has 0 aliphatic carbocycles. The Balaban J connectivity index is 2.88. The van der Waals surface area contributed by atoms with Crippen molar-refractivity contribution in [3.05, 3.63) is 23.8 Å². The molecule has 1 aromatic rings. The molecule has 0 aliphatic rings. The van der Waals surface area contributed by atoms with Crippen LogP contribution in [0.15, 0.2) is 23.2 Å². The van der Waals surface area contributed by atoms with E-state index in [9.17, 15) is 0 Å². The van der Waals surface area contributed by atoms with Crippen LogP contribution >= 0.6 is 12.9 Å². The van der Waals surface area contributed by atoms with Gasteiger partial charge in [0.25, 0.3) is 0 Å². The lowest BCUT2D eigenvalue weighted by Crippen LogP contribution is -1.91. The summed E-state index contributed by atoms with van der Waals surface area (Å²) in [7, 11) is 0. The molecular weight excluding hydrogens is 206 g/mol. The van der Waals surface area contributed by atoms with E-state index in [2.05, 4.69) is 31.7 Å². The van der Waals surface area contributed by atoms with E-state index in [1.54, 1.807) is 0 Å². The van der Waals surface area contributed by atoms with Gasteiger partial charge in [0.2, 0.25) is 0 Å². The second-order valence-electron chi connectivity index (χ2n) is 3.70. The maximum absolute atomic E-state index is 4.86. The molecule has 2 nitrogen and oxygen atoms in total. The molecule has 0 aromatic heterocycles. The lowest BCUT2D eigenvalue weighted by Gasteiger charge is -2.04. The molecule has 1 atom stereocenters. The van der Waals surface area contributed by atoms with Crippen molar-refractivity contribution in [1.82, 2.24) is 0 Å². The Morgan fingerprint density at radius 2 is 2.27 bits per heavy atom. The summed E-state index contributed by atoms with van der Waals surface area (Å²) < 4.78 is 4.86. The summed E-state index contributed by atoms with van der Waals surface area (Å²) in [6.45, 7) is 6.33. The van der Waals surface area contributed by atoms with Crippen LogP contribution in [0.25, 0.3) is 0 Å². The van der Waals surface area contributed by atoms with Crippen LogP contribution in [0, 0.1) is 12.8 Å². The van der Waals surface area contributed by atoms with E-state index in [0.717, 1.165) is 23.4 Å². The Labute approximate surface area is 97.0 Å². The molecule has 3 heteroatoms. The highest BCUT2D eigenvalue weighted by Crippen LogP contribution is 2.25. The Bertz CT molecular complexity index is 349. The summed E-state index contributed by atoms with van der Waals surface area (Å²) in [5.74, 6) is 1.23. The molecule has 1 rings (SSSR count). The van der Waals surface area contributed by atoms with Crippen molar-refractivity contribution >= 4 is 24.8 Å². The number of aliphatic imine (C=N–C) groups is 1. The average molecular weight is 223 g/mol. The molecule has 0 saturated carbocycles. The van der Waals surface area contributed by atoms with Crippen LogP contribution < -0.4 is 4.18 Å². The van der Waals surface area contributed by atoms with Crippen molar-refractivity contribution in [2.24, 2.45) is 10.9 Å². The smallest absolute Gasteiger partial charge is 0.139 e.